The molecule has 0 radical (unpaired) electrons. The molecule has 1 amide bonds. The van der Waals surface area contributed by atoms with Gasteiger partial charge in [-0.2, -0.15) is 5.10 Å². The Hall–Kier alpha value is -2.30. The third-order valence-electron chi connectivity index (χ3n) is 3.33. The van der Waals surface area contributed by atoms with Crippen LogP contribution in [0.1, 0.15) is 21.7 Å². The molecule has 0 saturated heterocycles. The first-order valence-electron chi connectivity index (χ1n) is 6.06. The standard InChI is InChI=1S/C14H18N4O/c1-9-13(10(2)18(4)16-9)14(19)17(3)12-8-6-5-7-11(12)15/h5-8H,15H2,1-4H3. The first-order chi connectivity index (χ1) is 8.93. The largest absolute Gasteiger partial charge is 0.397 e. The summed E-state index contributed by atoms with van der Waals surface area (Å²) in [6.45, 7) is 3.72. The van der Waals surface area contributed by atoms with Crippen LogP contribution in [0.15, 0.2) is 24.3 Å². The lowest BCUT2D eigenvalue weighted by molar-refractivity contribution is 0.0992. The molecule has 0 unspecified atom stereocenters. The first-order valence-corrected chi connectivity index (χ1v) is 6.06. The SMILES string of the molecule is Cc1nn(C)c(C)c1C(=O)N(C)c1ccccc1N. The van der Waals surface area contributed by atoms with Crippen LogP contribution in [-0.2, 0) is 7.05 Å². The van der Waals surface area contributed by atoms with E-state index >= 15 is 0 Å². The second-order valence-electron chi connectivity index (χ2n) is 4.59. The smallest absolute Gasteiger partial charge is 0.261 e. The van der Waals surface area contributed by atoms with Gasteiger partial charge in [0.2, 0.25) is 0 Å². The van der Waals surface area contributed by atoms with Crippen LogP contribution in [0.3, 0.4) is 0 Å². The molecule has 0 bridgehead atoms. The lowest BCUT2D eigenvalue weighted by Crippen LogP contribution is -2.28. The van der Waals surface area contributed by atoms with Gasteiger partial charge in [0.1, 0.15) is 0 Å². The zero-order valence-electron chi connectivity index (χ0n) is 11.6. The fourth-order valence-electron chi connectivity index (χ4n) is 2.15. The Morgan fingerprint density at radius 3 is 2.47 bits per heavy atom. The van der Waals surface area contributed by atoms with E-state index in [1.807, 2.05) is 39.1 Å². The van der Waals surface area contributed by atoms with Crippen molar-refractivity contribution >= 4 is 17.3 Å². The highest BCUT2D eigenvalue weighted by atomic mass is 16.2. The normalized spacial score (nSPS) is 10.5. The number of nitrogen functional groups attached to an aromatic ring is 1. The Labute approximate surface area is 112 Å². The van der Waals surface area contributed by atoms with Crippen LogP contribution >= 0.6 is 0 Å². The highest BCUT2D eigenvalue weighted by Crippen LogP contribution is 2.24. The Kier molecular flexibility index (Phi) is 3.29. The van der Waals surface area contributed by atoms with Gasteiger partial charge in [0.05, 0.1) is 22.6 Å². The minimum absolute atomic E-state index is 0.0963. The molecular weight excluding hydrogens is 240 g/mol. The number of hydrogen-bond acceptors (Lipinski definition) is 3. The monoisotopic (exact) mass is 258 g/mol. The van der Waals surface area contributed by atoms with Crippen molar-refractivity contribution in [3.05, 3.63) is 41.2 Å². The average Bonchev–Trinajstić information content (AvgIpc) is 2.62. The molecule has 0 saturated carbocycles. The fraction of sp³-hybridized carbons (Fsp3) is 0.286. The summed E-state index contributed by atoms with van der Waals surface area (Å²) in [5.41, 5.74) is 9.40. The van der Waals surface area contributed by atoms with Gasteiger partial charge < -0.3 is 10.6 Å². The summed E-state index contributed by atoms with van der Waals surface area (Å²) in [6, 6.07) is 7.31. The Morgan fingerprint density at radius 1 is 1.32 bits per heavy atom. The van der Waals surface area contributed by atoms with Crippen molar-refractivity contribution in [2.75, 3.05) is 17.7 Å². The van der Waals surface area contributed by atoms with Crippen molar-refractivity contribution < 1.29 is 4.79 Å². The molecule has 5 nitrogen and oxygen atoms in total. The van der Waals surface area contributed by atoms with Crippen LogP contribution in [0, 0.1) is 13.8 Å². The number of nitrogens with zero attached hydrogens (tertiary/aromatic N) is 3. The van der Waals surface area contributed by atoms with Crippen LogP contribution in [0.25, 0.3) is 0 Å². The maximum Gasteiger partial charge on any atom is 0.261 e. The molecular formula is C14H18N4O. The van der Waals surface area contributed by atoms with E-state index in [9.17, 15) is 4.79 Å². The molecule has 100 valence electrons. The molecule has 1 aromatic carbocycles. The van der Waals surface area contributed by atoms with Crippen molar-refractivity contribution in [2.45, 2.75) is 13.8 Å². The zero-order chi connectivity index (χ0) is 14.2. The number of nitrogens with two attached hydrogens (primary N) is 1. The molecule has 1 heterocycles. The molecule has 0 spiro atoms. The van der Waals surface area contributed by atoms with Gasteiger partial charge in [0.25, 0.3) is 5.91 Å². The van der Waals surface area contributed by atoms with Gasteiger partial charge in [-0.05, 0) is 26.0 Å². The van der Waals surface area contributed by atoms with Gasteiger partial charge in [0.15, 0.2) is 0 Å². The number of anilines is 2. The van der Waals surface area contributed by atoms with Crippen molar-refractivity contribution in [1.82, 2.24) is 9.78 Å². The molecule has 1 aromatic heterocycles. The summed E-state index contributed by atoms with van der Waals surface area (Å²) in [6.07, 6.45) is 0. The zero-order valence-corrected chi connectivity index (χ0v) is 11.6. The maximum atomic E-state index is 12.6. The number of hydrogen-bond donors (Lipinski definition) is 1. The summed E-state index contributed by atoms with van der Waals surface area (Å²) < 4.78 is 1.71. The van der Waals surface area contributed by atoms with E-state index < -0.39 is 0 Å². The summed E-state index contributed by atoms with van der Waals surface area (Å²) in [5, 5.41) is 4.27. The van der Waals surface area contributed by atoms with E-state index in [4.69, 9.17) is 5.73 Å². The maximum absolute atomic E-state index is 12.6. The number of carbonyl (C=O) groups is 1. The molecule has 5 heteroatoms. The van der Waals surface area contributed by atoms with Crippen LogP contribution in [0.4, 0.5) is 11.4 Å². The highest BCUT2D eigenvalue weighted by Gasteiger charge is 2.22. The van der Waals surface area contributed by atoms with Gasteiger partial charge in [0, 0.05) is 19.8 Å². The Bertz CT molecular complexity index is 630. The molecule has 19 heavy (non-hydrogen) atoms. The van der Waals surface area contributed by atoms with E-state index in [1.165, 1.54) is 0 Å². The van der Waals surface area contributed by atoms with Crippen LogP contribution in [-0.4, -0.2) is 22.7 Å². The molecule has 0 fully saturated rings. The molecule has 2 aromatic rings. The second-order valence-corrected chi connectivity index (χ2v) is 4.59. The minimum atomic E-state index is -0.0963. The number of para-hydroxylation sites is 2. The van der Waals surface area contributed by atoms with E-state index in [0.29, 0.717) is 16.9 Å². The number of aromatic nitrogens is 2. The van der Waals surface area contributed by atoms with Crippen LogP contribution < -0.4 is 10.6 Å². The summed E-state index contributed by atoms with van der Waals surface area (Å²) in [7, 11) is 3.55. The minimum Gasteiger partial charge on any atom is -0.397 e. The van der Waals surface area contributed by atoms with Crippen LogP contribution in [0.5, 0.6) is 0 Å². The third-order valence-corrected chi connectivity index (χ3v) is 3.33. The molecule has 0 atom stereocenters. The molecule has 0 aliphatic carbocycles. The quantitative estimate of drug-likeness (QED) is 0.837. The van der Waals surface area contributed by atoms with Crippen molar-refractivity contribution in [2.24, 2.45) is 7.05 Å². The van der Waals surface area contributed by atoms with Gasteiger partial charge >= 0.3 is 0 Å². The van der Waals surface area contributed by atoms with Gasteiger partial charge in [-0.15, -0.1) is 0 Å². The number of aryl methyl sites for hydroxylation is 2. The summed E-state index contributed by atoms with van der Waals surface area (Å²) >= 11 is 0. The van der Waals surface area contributed by atoms with E-state index in [0.717, 1.165) is 11.4 Å². The number of carbonyl (C=O) groups excluding carboxylic acids is 1. The van der Waals surface area contributed by atoms with E-state index in [-0.39, 0.29) is 5.91 Å². The number of benzene rings is 1. The van der Waals surface area contributed by atoms with Crippen molar-refractivity contribution in [1.29, 1.82) is 0 Å². The summed E-state index contributed by atoms with van der Waals surface area (Å²) in [5.74, 6) is -0.0963. The van der Waals surface area contributed by atoms with Crippen molar-refractivity contribution in [3.63, 3.8) is 0 Å². The molecule has 0 aliphatic rings. The molecule has 0 aliphatic heterocycles. The predicted molar refractivity (Wildman–Crippen MR) is 76.3 cm³/mol. The Balaban J connectivity index is 2.42. The third kappa shape index (κ3) is 2.19. The molecule has 2 N–H and O–H groups in total. The van der Waals surface area contributed by atoms with Gasteiger partial charge in [-0.3, -0.25) is 9.48 Å². The fourth-order valence-corrected chi connectivity index (χ4v) is 2.15. The second kappa shape index (κ2) is 4.76. The van der Waals surface area contributed by atoms with Crippen molar-refractivity contribution in [3.8, 4) is 0 Å². The average molecular weight is 258 g/mol. The van der Waals surface area contributed by atoms with Gasteiger partial charge in [-0.1, -0.05) is 12.1 Å². The van der Waals surface area contributed by atoms with E-state index in [1.54, 1.807) is 22.7 Å². The van der Waals surface area contributed by atoms with E-state index in [2.05, 4.69) is 5.10 Å². The predicted octanol–water partition coefficient (Wildman–Crippen LogP) is 1.90. The summed E-state index contributed by atoms with van der Waals surface area (Å²) in [4.78, 5) is 14.1. The lowest BCUT2D eigenvalue weighted by Gasteiger charge is -2.19. The number of rotatable bonds is 2. The van der Waals surface area contributed by atoms with Gasteiger partial charge in [-0.25, -0.2) is 0 Å². The first kappa shape index (κ1) is 13.1. The Morgan fingerprint density at radius 2 is 1.95 bits per heavy atom. The van der Waals surface area contributed by atoms with Crippen LogP contribution in [0.2, 0.25) is 0 Å². The lowest BCUT2D eigenvalue weighted by atomic mass is 10.1. The number of amides is 1. The molecule has 2 rings (SSSR count). The topological polar surface area (TPSA) is 64.2 Å². The highest BCUT2D eigenvalue weighted by molar-refractivity contribution is 6.08.